The van der Waals surface area contributed by atoms with Crippen LogP contribution >= 0.6 is 11.8 Å². The number of hydrogen-bond acceptors (Lipinski definition) is 5. The predicted octanol–water partition coefficient (Wildman–Crippen LogP) is 3.89. The molecule has 98 valence electrons. The summed E-state index contributed by atoms with van der Waals surface area (Å²) < 4.78 is 5.36. The summed E-state index contributed by atoms with van der Waals surface area (Å²) in [4.78, 5) is 9.05. The molecule has 0 saturated carbocycles. The van der Waals surface area contributed by atoms with Crippen LogP contribution in [0.15, 0.2) is 52.1 Å². The number of benzene rings is 1. The monoisotopic (exact) mass is 281 g/mol. The number of thioether (sulfide) groups is 1. The van der Waals surface area contributed by atoms with Crippen LogP contribution in [-0.4, -0.2) is 15.2 Å². The van der Waals surface area contributed by atoms with E-state index in [1.165, 1.54) is 11.8 Å². The van der Waals surface area contributed by atoms with E-state index in [4.69, 9.17) is 9.68 Å². The Hall–Kier alpha value is -2.32. The summed E-state index contributed by atoms with van der Waals surface area (Å²) in [6.45, 7) is 1.86. The van der Waals surface area contributed by atoms with E-state index in [2.05, 4.69) is 16.0 Å². The fraction of sp³-hybridized carbons (Fsp3) is 0.133. The summed E-state index contributed by atoms with van der Waals surface area (Å²) in [7, 11) is 0. The second kappa shape index (κ2) is 5.35. The zero-order valence-corrected chi connectivity index (χ0v) is 11.6. The molecule has 0 aliphatic heterocycles. The first kappa shape index (κ1) is 12.7. The molecule has 2 aromatic heterocycles. The van der Waals surface area contributed by atoms with Crippen molar-refractivity contribution in [1.29, 1.82) is 5.26 Å². The average Bonchev–Trinajstić information content (AvgIpc) is 3.01. The molecule has 0 radical (unpaired) electrons. The first-order chi connectivity index (χ1) is 9.78. The number of para-hydroxylation sites is 1. The molecule has 4 nitrogen and oxygen atoms in total. The van der Waals surface area contributed by atoms with Gasteiger partial charge in [-0.1, -0.05) is 30.0 Å². The van der Waals surface area contributed by atoms with E-state index in [-0.39, 0.29) is 5.25 Å². The summed E-state index contributed by atoms with van der Waals surface area (Å²) >= 11 is 1.43. The third kappa shape index (κ3) is 2.38. The molecule has 1 atom stereocenters. The topological polar surface area (TPSA) is 62.7 Å². The van der Waals surface area contributed by atoms with Crippen LogP contribution < -0.4 is 0 Å². The minimum Gasteiger partial charge on any atom is -0.461 e. The van der Waals surface area contributed by atoms with Crippen LogP contribution in [0.1, 0.15) is 6.92 Å². The largest absolute Gasteiger partial charge is 0.461 e. The fourth-order valence-electron chi connectivity index (χ4n) is 1.85. The number of fused-ring (bicyclic) bond motifs is 1. The molecule has 0 saturated heterocycles. The molecule has 0 aliphatic carbocycles. The maximum Gasteiger partial charge on any atom is 0.197 e. The molecule has 3 aromatic rings. The molecule has 3 rings (SSSR count). The molecule has 2 heterocycles. The Bertz CT molecular complexity index is 777. The van der Waals surface area contributed by atoms with Gasteiger partial charge in [-0.25, -0.2) is 9.97 Å². The summed E-state index contributed by atoms with van der Waals surface area (Å²) in [6.07, 6.45) is 1.60. The molecule has 20 heavy (non-hydrogen) atoms. The first-order valence-electron chi connectivity index (χ1n) is 6.15. The van der Waals surface area contributed by atoms with Crippen molar-refractivity contribution in [2.75, 3.05) is 0 Å². The van der Waals surface area contributed by atoms with Crippen molar-refractivity contribution in [3.8, 4) is 17.7 Å². The molecule has 0 aliphatic rings. The third-order valence-electron chi connectivity index (χ3n) is 2.78. The molecular formula is C15H11N3OS. The maximum absolute atomic E-state index is 8.99. The van der Waals surface area contributed by atoms with Crippen molar-refractivity contribution in [2.45, 2.75) is 17.2 Å². The number of nitrogens with zero attached hydrogens (tertiary/aromatic N) is 3. The van der Waals surface area contributed by atoms with Crippen molar-refractivity contribution >= 4 is 22.7 Å². The van der Waals surface area contributed by atoms with Gasteiger partial charge in [-0.15, -0.1) is 0 Å². The first-order valence-corrected chi connectivity index (χ1v) is 7.03. The van der Waals surface area contributed by atoms with Crippen molar-refractivity contribution < 1.29 is 4.42 Å². The summed E-state index contributed by atoms with van der Waals surface area (Å²) in [5.74, 6) is 1.17. The molecule has 0 bridgehead atoms. The Labute approximate surface area is 120 Å². The van der Waals surface area contributed by atoms with Crippen LogP contribution in [0, 0.1) is 11.3 Å². The Morgan fingerprint density at radius 3 is 2.80 bits per heavy atom. The zero-order chi connectivity index (χ0) is 13.9. The van der Waals surface area contributed by atoms with Crippen LogP contribution in [0.4, 0.5) is 0 Å². The fourth-order valence-corrected chi connectivity index (χ4v) is 2.67. The normalized spacial score (nSPS) is 12.2. The highest BCUT2D eigenvalue weighted by Gasteiger charge is 2.13. The second-order valence-corrected chi connectivity index (χ2v) is 5.57. The lowest BCUT2D eigenvalue weighted by molar-refractivity contribution is 0.577. The number of furan rings is 1. The van der Waals surface area contributed by atoms with Crippen LogP contribution in [0.2, 0.25) is 0 Å². The van der Waals surface area contributed by atoms with Gasteiger partial charge >= 0.3 is 0 Å². The van der Waals surface area contributed by atoms with Crippen LogP contribution in [0.5, 0.6) is 0 Å². The number of rotatable bonds is 3. The lowest BCUT2D eigenvalue weighted by Gasteiger charge is -2.08. The number of nitriles is 1. The van der Waals surface area contributed by atoms with Crippen molar-refractivity contribution in [2.24, 2.45) is 0 Å². The Morgan fingerprint density at radius 1 is 1.20 bits per heavy atom. The van der Waals surface area contributed by atoms with E-state index in [1.54, 1.807) is 12.3 Å². The van der Waals surface area contributed by atoms with E-state index in [1.807, 2.05) is 37.3 Å². The van der Waals surface area contributed by atoms with Crippen LogP contribution in [0.25, 0.3) is 22.5 Å². The Morgan fingerprint density at radius 2 is 2.05 bits per heavy atom. The minimum absolute atomic E-state index is 0.169. The van der Waals surface area contributed by atoms with Gasteiger partial charge in [0.1, 0.15) is 5.03 Å². The SMILES string of the molecule is CC(C#N)Sc1nc(-c2ccco2)nc2ccccc12. The number of hydrogen-bond donors (Lipinski definition) is 0. The van der Waals surface area contributed by atoms with Crippen LogP contribution in [-0.2, 0) is 0 Å². The van der Waals surface area contributed by atoms with Crippen molar-refractivity contribution in [3.05, 3.63) is 42.7 Å². The summed E-state index contributed by atoms with van der Waals surface area (Å²) in [5, 5.41) is 10.6. The smallest absolute Gasteiger partial charge is 0.197 e. The number of aromatic nitrogens is 2. The highest BCUT2D eigenvalue weighted by atomic mass is 32.2. The molecule has 0 spiro atoms. The van der Waals surface area contributed by atoms with Gasteiger partial charge in [-0.05, 0) is 25.1 Å². The molecule has 0 fully saturated rings. The highest BCUT2D eigenvalue weighted by molar-refractivity contribution is 8.00. The van der Waals surface area contributed by atoms with E-state index in [9.17, 15) is 0 Å². The highest BCUT2D eigenvalue weighted by Crippen LogP contribution is 2.30. The van der Waals surface area contributed by atoms with Gasteiger partial charge in [0.25, 0.3) is 0 Å². The van der Waals surface area contributed by atoms with Crippen molar-refractivity contribution in [3.63, 3.8) is 0 Å². The van der Waals surface area contributed by atoms with E-state index in [0.29, 0.717) is 11.6 Å². The molecule has 0 amide bonds. The quantitative estimate of drug-likeness (QED) is 0.538. The predicted molar refractivity (Wildman–Crippen MR) is 78.2 cm³/mol. The van der Waals surface area contributed by atoms with Gasteiger partial charge in [-0.3, -0.25) is 0 Å². The molecule has 1 aromatic carbocycles. The average molecular weight is 281 g/mol. The summed E-state index contributed by atoms with van der Waals surface area (Å²) in [5.41, 5.74) is 0.849. The van der Waals surface area contributed by atoms with Gasteiger partial charge in [0.05, 0.1) is 23.1 Å². The minimum atomic E-state index is -0.169. The molecule has 1 unspecified atom stereocenters. The molecule has 5 heteroatoms. The third-order valence-corrected chi connectivity index (χ3v) is 3.77. The van der Waals surface area contributed by atoms with Crippen LogP contribution in [0.3, 0.4) is 0 Å². The lowest BCUT2D eigenvalue weighted by Crippen LogP contribution is -1.97. The van der Waals surface area contributed by atoms with Gasteiger partial charge in [-0.2, -0.15) is 5.26 Å². The van der Waals surface area contributed by atoms with Gasteiger partial charge in [0.15, 0.2) is 11.6 Å². The van der Waals surface area contributed by atoms with E-state index in [0.717, 1.165) is 15.9 Å². The second-order valence-electron chi connectivity index (χ2n) is 4.24. The molecule has 0 N–H and O–H groups in total. The Kier molecular flexibility index (Phi) is 3.40. The zero-order valence-electron chi connectivity index (χ0n) is 10.8. The van der Waals surface area contributed by atoms with Gasteiger partial charge in [0.2, 0.25) is 0 Å². The lowest BCUT2D eigenvalue weighted by atomic mass is 10.2. The van der Waals surface area contributed by atoms with E-state index < -0.39 is 0 Å². The van der Waals surface area contributed by atoms with Gasteiger partial charge in [0, 0.05) is 5.39 Å². The van der Waals surface area contributed by atoms with Gasteiger partial charge < -0.3 is 4.42 Å². The maximum atomic E-state index is 8.99. The standard InChI is InChI=1S/C15H11N3OS/c1-10(9-16)20-15-11-5-2-3-6-12(11)17-14(18-15)13-7-4-8-19-13/h2-8,10H,1H3. The van der Waals surface area contributed by atoms with E-state index >= 15 is 0 Å². The van der Waals surface area contributed by atoms with Crippen molar-refractivity contribution in [1.82, 2.24) is 9.97 Å². The summed E-state index contributed by atoms with van der Waals surface area (Å²) in [6, 6.07) is 13.6. The molecular weight excluding hydrogens is 270 g/mol. The Balaban J connectivity index is 2.18.